The minimum Gasteiger partial charge on any atom is -0.477 e. The van der Waals surface area contributed by atoms with Gasteiger partial charge in [0.05, 0.1) is 0 Å². The predicted molar refractivity (Wildman–Crippen MR) is 97.0 cm³/mol. The number of aryl methyl sites for hydroxylation is 2. The van der Waals surface area contributed by atoms with Crippen molar-refractivity contribution in [2.75, 3.05) is 13.1 Å². The Morgan fingerprint density at radius 1 is 1.20 bits per heavy atom. The topological polar surface area (TPSA) is 62.5 Å². The van der Waals surface area contributed by atoms with Crippen molar-refractivity contribution in [1.29, 1.82) is 0 Å². The van der Waals surface area contributed by atoms with Gasteiger partial charge in [-0.15, -0.1) is 0 Å². The second-order valence-corrected chi connectivity index (χ2v) is 6.95. The summed E-state index contributed by atoms with van der Waals surface area (Å²) in [5, 5.41) is 9.24. The molecule has 1 aromatic carbocycles. The van der Waals surface area contributed by atoms with Crippen LogP contribution in [0.4, 0.5) is 0 Å². The molecule has 1 fully saturated rings. The van der Waals surface area contributed by atoms with Gasteiger partial charge in [-0.2, -0.15) is 0 Å². The zero-order valence-corrected chi connectivity index (χ0v) is 14.7. The summed E-state index contributed by atoms with van der Waals surface area (Å²) in [4.78, 5) is 26.1. The van der Waals surface area contributed by atoms with Crippen LogP contribution in [0.3, 0.4) is 0 Å². The highest BCUT2D eigenvalue weighted by Gasteiger charge is 2.24. The van der Waals surface area contributed by atoms with Crippen molar-refractivity contribution >= 4 is 5.97 Å². The molecule has 1 unspecified atom stereocenters. The highest BCUT2D eigenvalue weighted by atomic mass is 16.4. The minimum atomic E-state index is -1.15. The van der Waals surface area contributed by atoms with Gasteiger partial charge in [-0.05, 0) is 55.5 Å². The summed E-state index contributed by atoms with van der Waals surface area (Å²) in [5.41, 5.74) is 2.64. The number of rotatable bonds is 5. The highest BCUT2D eigenvalue weighted by Crippen LogP contribution is 2.21. The second-order valence-electron chi connectivity index (χ2n) is 6.95. The molecule has 5 heteroatoms. The lowest BCUT2D eigenvalue weighted by Crippen LogP contribution is -2.30. The quantitative estimate of drug-likeness (QED) is 0.909. The average Bonchev–Trinajstić information content (AvgIpc) is 2.99. The van der Waals surface area contributed by atoms with Gasteiger partial charge in [0.15, 0.2) is 0 Å². The Labute approximate surface area is 147 Å². The second kappa shape index (κ2) is 7.23. The van der Waals surface area contributed by atoms with Crippen LogP contribution in [0.25, 0.3) is 0 Å². The van der Waals surface area contributed by atoms with E-state index < -0.39 is 11.5 Å². The molecular formula is C20H24N2O3. The van der Waals surface area contributed by atoms with Crippen LogP contribution in [0.15, 0.2) is 41.3 Å². The fourth-order valence-corrected chi connectivity index (χ4v) is 3.58. The highest BCUT2D eigenvalue weighted by molar-refractivity contribution is 5.88. The fraction of sp³-hybridized carbons (Fsp3) is 0.400. The molecule has 0 saturated carbocycles. The fourth-order valence-electron chi connectivity index (χ4n) is 3.58. The number of aromatic carboxylic acids is 1. The van der Waals surface area contributed by atoms with Gasteiger partial charge in [0.2, 0.25) is 0 Å². The third-order valence-corrected chi connectivity index (χ3v) is 5.07. The maximum absolute atomic E-state index is 12.4. The van der Waals surface area contributed by atoms with Gasteiger partial charge >= 0.3 is 5.97 Å². The lowest BCUT2D eigenvalue weighted by atomic mass is 10.1. The number of nitrogens with zero attached hydrogens (tertiary/aromatic N) is 2. The number of likely N-dealkylation sites (tertiary alicyclic amines) is 1. The first-order valence-corrected chi connectivity index (χ1v) is 8.66. The number of carboxylic acid groups (broad SMARTS) is 1. The maximum Gasteiger partial charge on any atom is 0.341 e. The molecule has 1 atom stereocenters. The van der Waals surface area contributed by atoms with E-state index in [0.717, 1.165) is 26.1 Å². The zero-order valence-electron chi connectivity index (χ0n) is 14.7. The van der Waals surface area contributed by atoms with Crippen LogP contribution >= 0.6 is 0 Å². The normalized spacial score (nSPS) is 17.8. The standard InChI is InChI=1S/C20H24N2O3/c1-14-5-3-4-6-17(14)13-21-9-8-16(11-21)12-22-10-7-15(2)18(19(22)23)20(24)25/h3-7,10,16H,8-9,11-13H2,1-2H3,(H,24,25). The summed E-state index contributed by atoms with van der Waals surface area (Å²) >= 11 is 0. The summed E-state index contributed by atoms with van der Waals surface area (Å²) < 4.78 is 1.55. The van der Waals surface area contributed by atoms with Crippen LogP contribution in [-0.4, -0.2) is 33.6 Å². The van der Waals surface area contributed by atoms with Crippen LogP contribution in [0.1, 0.15) is 33.5 Å². The van der Waals surface area contributed by atoms with Gasteiger partial charge in [0, 0.05) is 25.8 Å². The van der Waals surface area contributed by atoms with Crippen molar-refractivity contribution in [2.45, 2.75) is 33.4 Å². The summed E-state index contributed by atoms with van der Waals surface area (Å²) in [6, 6.07) is 10.1. The Morgan fingerprint density at radius 2 is 1.96 bits per heavy atom. The molecule has 0 amide bonds. The average molecular weight is 340 g/mol. The number of aromatic nitrogens is 1. The van der Waals surface area contributed by atoms with E-state index in [9.17, 15) is 14.7 Å². The molecule has 0 spiro atoms. The Kier molecular flexibility index (Phi) is 5.04. The molecule has 2 heterocycles. The molecule has 0 radical (unpaired) electrons. The van der Waals surface area contributed by atoms with Crippen molar-refractivity contribution in [3.05, 3.63) is 69.1 Å². The zero-order chi connectivity index (χ0) is 18.0. The SMILES string of the molecule is Cc1ccccc1CN1CCC(Cn2ccc(C)c(C(=O)O)c2=O)C1. The maximum atomic E-state index is 12.4. The third-order valence-electron chi connectivity index (χ3n) is 5.07. The monoisotopic (exact) mass is 340 g/mol. The van der Waals surface area contributed by atoms with E-state index in [4.69, 9.17) is 0 Å². The lowest BCUT2D eigenvalue weighted by molar-refractivity contribution is 0.0693. The minimum absolute atomic E-state index is 0.114. The van der Waals surface area contributed by atoms with Crippen molar-refractivity contribution < 1.29 is 9.90 Å². The molecule has 0 aliphatic carbocycles. The molecule has 1 N–H and O–H groups in total. The van der Waals surface area contributed by atoms with Gasteiger partial charge in [0.25, 0.3) is 5.56 Å². The summed E-state index contributed by atoms with van der Waals surface area (Å²) in [6.07, 6.45) is 2.74. The van der Waals surface area contributed by atoms with Gasteiger partial charge in [-0.3, -0.25) is 9.69 Å². The van der Waals surface area contributed by atoms with E-state index in [-0.39, 0.29) is 5.56 Å². The van der Waals surface area contributed by atoms with Crippen LogP contribution in [0.5, 0.6) is 0 Å². The molecule has 5 nitrogen and oxygen atoms in total. The predicted octanol–water partition coefficient (Wildman–Crippen LogP) is 2.69. The molecule has 1 saturated heterocycles. The first-order chi connectivity index (χ1) is 12.0. The Morgan fingerprint density at radius 3 is 2.68 bits per heavy atom. The van der Waals surface area contributed by atoms with E-state index in [2.05, 4.69) is 36.1 Å². The molecule has 1 aliphatic rings. The number of carboxylic acids is 1. The van der Waals surface area contributed by atoms with E-state index >= 15 is 0 Å². The number of carbonyl (C=O) groups is 1. The summed E-state index contributed by atoms with van der Waals surface area (Å²) in [6.45, 7) is 7.22. The smallest absolute Gasteiger partial charge is 0.341 e. The Bertz CT molecular complexity index is 841. The van der Waals surface area contributed by atoms with Crippen LogP contribution in [0, 0.1) is 19.8 Å². The van der Waals surface area contributed by atoms with Crippen molar-refractivity contribution in [1.82, 2.24) is 9.47 Å². The van der Waals surface area contributed by atoms with Crippen LogP contribution < -0.4 is 5.56 Å². The van der Waals surface area contributed by atoms with E-state index in [1.54, 1.807) is 23.8 Å². The van der Waals surface area contributed by atoms with E-state index in [0.29, 0.717) is 18.0 Å². The molecule has 2 aromatic rings. The Hall–Kier alpha value is -2.40. The van der Waals surface area contributed by atoms with Crippen molar-refractivity contribution in [3.8, 4) is 0 Å². The van der Waals surface area contributed by atoms with Crippen molar-refractivity contribution in [2.24, 2.45) is 5.92 Å². The number of hydrogen-bond donors (Lipinski definition) is 1. The van der Waals surface area contributed by atoms with Gasteiger partial charge in [-0.1, -0.05) is 24.3 Å². The molecule has 25 heavy (non-hydrogen) atoms. The van der Waals surface area contributed by atoms with Gasteiger partial charge in [0.1, 0.15) is 5.56 Å². The number of pyridine rings is 1. The number of benzene rings is 1. The molecule has 132 valence electrons. The summed E-state index contributed by atoms with van der Waals surface area (Å²) in [5.74, 6) is -0.782. The van der Waals surface area contributed by atoms with Crippen molar-refractivity contribution in [3.63, 3.8) is 0 Å². The van der Waals surface area contributed by atoms with Gasteiger partial charge in [-0.25, -0.2) is 4.79 Å². The van der Waals surface area contributed by atoms with Crippen LogP contribution in [-0.2, 0) is 13.1 Å². The molecular weight excluding hydrogens is 316 g/mol. The lowest BCUT2D eigenvalue weighted by Gasteiger charge is -2.18. The first kappa shape index (κ1) is 17.4. The van der Waals surface area contributed by atoms with Gasteiger partial charge < -0.3 is 9.67 Å². The molecule has 0 bridgehead atoms. The molecule has 1 aliphatic heterocycles. The summed E-state index contributed by atoms with van der Waals surface area (Å²) in [7, 11) is 0. The molecule has 1 aromatic heterocycles. The Balaban J connectivity index is 1.68. The van der Waals surface area contributed by atoms with Crippen LogP contribution in [0.2, 0.25) is 0 Å². The largest absolute Gasteiger partial charge is 0.477 e. The van der Waals surface area contributed by atoms with E-state index in [1.165, 1.54) is 11.1 Å². The third kappa shape index (κ3) is 3.82. The van der Waals surface area contributed by atoms with E-state index in [1.807, 2.05) is 0 Å². The molecule has 3 rings (SSSR count). The number of hydrogen-bond acceptors (Lipinski definition) is 3. The first-order valence-electron chi connectivity index (χ1n) is 8.66.